The van der Waals surface area contributed by atoms with Gasteiger partial charge in [0.1, 0.15) is 11.3 Å². The van der Waals surface area contributed by atoms with Gasteiger partial charge >= 0.3 is 5.97 Å². The fourth-order valence-electron chi connectivity index (χ4n) is 1.24. The molecule has 0 atom stereocenters. The van der Waals surface area contributed by atoms with Gasteiger partial charge in [0.05, 0.1) is 0 Å². The molecule has 0 aliphatic heterocycles. The van der Waals surface area contributed by atoms with Crippen LogP contribution in [0.15, 0.2) is 16.7 Å². The van der Waals surface area contributed by atoms with Crippen LogP contribution in [0.2, 0.25) is 0 Å². The Hall–Kier alpha value is -0.770. The molecule has 0 radical (unpaired) electrons. The Morgan fingerprint density at radius 1 is 1.53 bits per heavy atom. The number of hydrogen-bond acceptors (Lipinski definition) is 2. The number of aromatic nitrogens is 1. The Kier molecular flexibility index (Phi) is 3.60. The fraction of sp³-hybridized carbons (Fsp3) is 0.545. The summed E-state index contributed by atoms with van der Waals surface area (Å²) < 4.78 is 8.05. The largest absolute Gasteiger partial charge is 0.455 e. The van der Waals surface area contributed by atoms with Gasteiger partial charge in [0.25, 0.3) is 0 Å². The highest BCUT2D eigenvalue weighted by Gasteiger charge is 2.20. The van der Waals surface area contributed by atoms with E-state index in [1.807, 2.05) is 38.5 Å². The highest BCUT2D eigenvalue weighted by molar-refractivity contribution is 9.10. The molecule has 0 aromatic carbocycles. The second-order valence-corrected chi connectivity index (χ2v) is 5.25. The Morgan fingerprint density at radius 3 is 2.60 bits per heavy atom. The molecule has 0 saturated heterocycles. The van der Waals surface area contributed by atoms with Gasteiger partial charge in [-0.2, -0.15) is 0 Å². The van der Waals surface area contributed by atoms with Gasteiger partial charge in [-0.05, 0) is 49.7 Å². The third-order valence-corrected chi connectivity index (χ3v) is 2.25. The number of carbonyl (C=O) groups excluding carboxylic acids is 1. The van der Waals surface area contributed by atoms with Gasteiger partial charge in [0, 0.05) is 17.2 Å². The minimum absolute atomic E-state index is 0.282. The highest BCUT2D eigenvalue weighted by atomic mass is 79.9. The third-order valence-electron chi connectivity index (χ3n) is 1.81. The van der Waals surface area contributed by atoms with Gasteiger partial charge in [0.15, 0.2) is 0 Å². The molecule has 0 aliphatic rings. The summed E-state index contributed by atoms with van der Waals surface area (Å²) in [6.07, 6.45) is 1.87. The molecule has 84 valence electrons. The van der Waals surface area contributed by atoms with Crippen molar-refractivity contribution in [2.24, 2.45) is 0 Å². The van der Waals surface area contributed by atoms with Crippen LogP contribution < -0.4 is 0 Å². The van der Waals surface area contributed by atoms with E-state index in [0.717, 1.165) is 11.0 Å². The predicted octanol–water partition coefficient (Wildman–Crippen LogP) is 3.23. The first-order valence-corrected chi connectivity index (χ1v) is 5.72. The maximum absolute atomic E-state index is 11.8. The third kappa shape index (κ3) is 3.38. The highest BCUT2D eigenvalue weighted by Crippen LogP contribution is 2.18. The van der Waals surface area contributed by atoms with Crippen LogP contribution in [-0.2, 0) is 11.3 Å². The zero-order valence-corrected chi connectivity index (χ0v) is 11.1. The summed E-state index contributed by atoms with van der Waals surface area (Å²) in [5, 5.41) is 0. The first-order chi connectivity index (χ1) is 6.83. The maximum Gasteiger partial charge on any atom is 0.355 e. The van der Waals surface area contributed by atoms with Crippen molar-refractivity contribution in [2.75, 3.05) is 0 Å². The van der Waals surface area contributed by atoms with E-state index in [1.165, 1.54) is 0 Å². The van der Waals surface area contributed by atoms with Gasteiger partial charge in [-0.3, -0.25) is 0 Å². The van der Waals surface area contributed by atoms with Crippen molar-refractivity contribution >= 4 is 21.9 Å². The zero-order valence-electron chi connectivity index (χ0n) is 9.50. The molecule has 0 spiro atoms. The number of ether oxygens (including phenoxy) is 1. The lowest BCUT2D eigenvalue weighted by molar-refractivity contribution is 0.00579. The summed E-state index contributed by atoms with van der Waals surface area (Å²) in [6.45, 7) is 8.32. The fourth-order valence-corrected chi connectivity index (χ4v) is 1.70. The van der Waals surface area contributed by atoms with Crippen LogP contribution in [0.4, 0.5) is 0 Å². The summed E-state index contributed by atoms with van der Waals surface area (Å²) >= 11 is 3.34. The Balaban J connectivity index is 2.91. The predicted molar refractivity (Wildman–Crippen MR) is 63.0 cm³/mol. The van der Waals surface area contributed by atoms with Gasteiger partial charge in [-0.1, -0.05) is 0 Å². The van der Waals surface area contributed by atoms with Crippen molar-refractivity contribution in [1.29, 1.82) is 0 Å². The molecule has 0 fully saturated rings. The van der Waals surface area contributed by atoms with Crippen LogP contribution in [0.3, 0.4) is 0 Å². The summed E-state index contributed by atoms with van der Waals surface area (Å²) in [4.78, 5) is 11.8. The van der Waals surface area contributed by atoms with Gasteiger partial charge in [-0.15, -0.1) is 0 Å². The maximum atomic E-state index is 11.8. The van der Waals surface area contributed by atoms with Crippen molar-refractivity contribution in [3.05, 3.63) is 22.4 Å². The Morgan fingerprint density at radius 2 is 2.13 bits per heavy atom. The number of nitrogens with zero attached hydrogens (tertiary/aromatic N) is 1. The molecule has 3 nitrogen and oxygen atoms in total. The quantitative estimate of drug-likeness (QED) is 0.775. The normalized spacial score (nSPS) is 11.5. The molecule has 1 aromatic heterocycles. The summed E-state index contributed by atoms with van der Waals surface area (Å²) in [6, 6.07) is 1.78. The van der Waals surface area contributed by atoms with Crippen molar-refractivity contribution in [3.8, 4) is 0 Å². The number of hydrogen-bond donors (Lipinski definition) is 0. The van der Waals surface area contributed by atoms with Crippen LogP contribution >= 0.6 is 15.9 Å². The van der Waals surface area contributed by atoms with Crippen molar-refractivity contribution in [1.82, 2.24) is 4.57 Å². The molecular formula is C11H16BrNO2. The van der Waals surface area contributed by atoms with E-state index in [0.29, 0.717) is 5.69 Å². The minimum atomic E-state index is -0.452. The monoisotopic (exact) mass is 273 g/mol. The van der Waals surface area contributed by atoms with E-state index in [-0.39, 0.29) is 5.97 Å². The zero-order chi connectivity index (χ0) is 11.6. The van der Waals surface area contributed by atoms with Crippen LogP contribution in [0.5, 0.6) is 0 Å². The summed E-state index contributed by atoms with van der Waals surface area (Å²) in [7, 11) is 0. The van der Waals surface area contributed by atoms with Gasteiger partial charge in [-0.25, -0.2) is 4.79 Å². The molecule has 0 saturated carbocycles. The van der Waals surface area contributed by atoms with Crippen LogP contribution in [0.1, 0.15) is 38.2 Å². The lowest BCUT2D eigenvalue weighted by Crippen LogP contribution is -2.25. The summed E-state index contributed by atoms with van der Waals surface area (Å²) in [5.74, 6) is -0.282. The number of aryl methyl sites for hydroxylation is 1. The average molecular weight is 274 g/mol. The van der Waals surface area contributed by atoms with E-state index < -0.39 is 5.60 Å². The second kappa shape index (κ2) is 4.39. The number of esters is 1. The Labute approximate surface area is 98.5 Å². The second-order valence-electron chi connectivity index (χ2n) is 4.33. The molecule has 0 N–H and O–H groups in total. The molecule has 15 heavy (non-hydrogen) atoms. The van der Waals surface area contributed by atoms with E-state index in [9.17, 15) is 4.79 Å². The smallest absolute Gasteiger partial charge is 0.355 e. The SMILES string of the molecule is CCn1cc(Br)cc1C(=O)OC(C)(C)C. The van der Waals surface area contributed by atoms with E-state index in [1.54, 1.807) is 6.07 Å². The molecular weight excluding hydrogens is 258 g/mol. The molecule has 0 bridgehead atoms. The average Bonchev–Trinajstić information content (AvgIpc) is 2.43. The van der Waals surface area contributed by atoms with Gasteiger partial charge in [0.2, 0.25) is 0 Å². The van der Waals surface area contributed by atoms with Crippen LogP contribution in [0.25, 0.3) is 0 Å². The van der Waals surface area contributed by atoms with Crippen molar-refractivity contribution in [3.63, 3.8) is 0 Å². The molecule has 1 aromatic rings. The Bertz CT molecular complexity index is 363. The van der Waals surface area contributed by atoms with Gasteiger partial charge < -0.3 is 9.30 Å². The number of rotatable bonds is 2. The molecule has 0 unspecified atom stereocenters. The lowest BCUT2D eigenvalue weighted by Gasteiger charge is -2.19. The van der Waals surface area contributed by atoms with E-state index in [2.05, 4.69) is 15.9 Å². The topological polar surface area (TPSA) is 31.2 Å². The van der Waals surface area contributed by atoms with Crippen LogP contribution in [-0.4, -0.2) is 16.1 Å². The van der Waals surface area contributed by atoms with E-state index in [4.69, 9.17) is 4.74 Å². The minimum Gasteiger partial charge on any atom is -0.455 e. The molecule has 1 rings (SSSR count). The van der Waals surface area contributed by atoms with Crippen molar-refractivity contribution < 1.29 is 9.53 Å². The standard InChI is InChI=1S/C11H16BrNO2/c1-5-13-7-8(12)6-9(13)10(14)15-11(2,3)4/h6-7H,5H2,1-4H3. The molecule has 0 aliphatic carbocycles. The molecule has 1 heterocycles. The molecule has 4 heteroatoms. The first-order valence-electron chi connectivity index (χ1n) is 4.92. The summed E-state index contributed by atoms with van der Waals surface area (Å²) in [5.41, 5.74) is 0.131. The number of carbonyl (C=O) groups is 1. The van der Waals surface area contributed by atoms with Crippen LogP contribution in [0, 0.1) is 0 Å². The van der Waals surface area contributed by atoms with Crippen molar-refractivity contribution in [2.45, 2.75) is 39.8 Å². The van der Waals surface area contributed by atoms with E-state index >= 15 is 0 Å². The lowest BCUT2D eigenvalue weighted by atomic mass is 10.2. The number of halogens is 1. The molecule has 0 amide bonds. The first kappa shape index (κ1) is 12.3.